The maximum atomic E-state index is 11.7. The summed E-state index contributed by atoms with van der Waals surface area (Å²) < 4.78 is 10.9. The molecule has 20 heavy (non-hydrogen) atoms. The first-order valence-electron chi connectivity index (χ1n) is 6.84. The van der Waals surface area contributed by atoms with Gasteiger partial charge in [-0.15, -0.1) is 6.42 Å². The van der Waals surface area contributed by atoms with Gasteiger partial charge in [-0.05, 0) is 31.0 Å². The third-order valence-corrected chi connectivity index (χ3v) is 3.11. The second-order valence-electron chi connectivity index (χ2n) is 4.73. The highest BCUT2D eigenvalue weighted by molar-refractivity contribution is 5.90. The molecule has 0 radical (unpaired) electrons. The zero-order chi connectivity index (χ0) is 14.2. The van der Waals surface area contributed by atoms with Crippen molar-refractivity contribution in [2.75, 3.05) is 25.1 Å². The number of nitrogens with one attached hydrogen (secondary N) is 1. The van der Waals surface area contributed by atoms with Gasteiger partial charge in [-0.3, -0.25) is 4.79 Å². The lowest BCUT2D eigenvalue weighted by Gasteiger charge is -2.10. The van der Waals surface area contributed by atoms with Crippen molar-refractivity contribution in [3.05, 3.63) is 29.8 Å². The number of terminal acetylenes is 1. The molecular weight excluding hydrogens is 254 g/mol. The molecule has 1 fully saturated rings. The Balaban J connectivity index is 1.65. The zero-order valence-corrected chi connectivity index (χ0v) is 11.4. The standard InChI is InChI=1S/C16H19NO3/c1-2-13-5-3-6-14(11-13)17-16(18)8-10-19-12-15-7-4-9-20-15/h1,3,5-6,11,15H,4,7-10,12H2,(H,17,18)/t15-/m1/s1. The van der Waals surface area contributed by atoms with Crippen LogP contribution in [0.2, 0.25) is 0 Å². The van der Waals surface area contributed by atoms with Gasteiger partial charge in [-0.1, -0.05) is 12.0 Å². The molecule has 1 N–H and O–H groups in total. The van der Waals surface area contributed by atoms with Gasteiger partial charge in [0.15, 0.2) is 0 Å². The van der Waals surface area contributed by atoms with E-state index in [1.54, 1.807) is 6.07 Å². The Morgan fingerprint density at radius 1 is 1.55 bits per heavy atom. The van der Waals surface area contributed by atoms with Crippen LogP contribution in [0.3, 0.4) is 0 Å². The van der Waals surface area contributed by atoms with Gasteiger partial charge in [0.25, 0.3) is 0 Å². The number of rotatable bonds is 6. The van der Waals surface area contributed by atoms with Gasteiger partial charge in [-0.2, -0.15) is 0 Å². The average molecular weight is 273 g/mol. The van der Waals surface area contributed by atoms with Crippen LogP contribution < -0.4 is 5.32 Å². The third kappa shape index (κ3) is 4.69. The van der Waals surface area contributed by atoms with Gasteiger partial charge in [-0.25, -0.2) is 0 Å². The van der Waals surface area contributed by atoms with Crippen molar-refractivity contribution in [2.45, 2.75) is 25.4 Å². The summed E-state index contributed by atoms with van der Waals surface area (Å²) >= 11 is 0. The minimum absolute atomic E-state index is 0.0773. The van der Waals surface area contributed by atoms with Crippen LogP contribution >= 0.6 is 0 Å². The molecule has 0 bridgehead atoms. The fourth-order valence-electron chi connectivity index (χ4n) is 2.07. The topological polar surface area (TPSA) is 47.6 Å². The first-order valence-corrected chi connectivity index (χ1v) is 6.84. The predicted molar refractivity (Wildman–Crippen MR) is 77.4 cm³/mol. The van der Waals surface area contributed by atoms with Crippen LogP contribution in [0.25, 0.3) is 0 Å². The molecule has 1 saturated heterocycles. The number of carbonyl (C=O) groups excluding carboxylic acids is 1. The SMILES string of the molecule is C#Cc1cccc(NC(=O)CCOC[C@H]2CCCO2)c1. The number of anilines is 1. The van der Waals surface area contributed by atoms with E-state index in [0.29, 0.717) is 25.3 Å². The molecule has 0 unspecified atom stereocenters. The normalized spacial score (nSPS) is 17.6. The lowest BCUT2D eigenvalue weighted by atomic mass is 10.2. The van der Waals surface area contributed by atoms with Crippen molar-refractivity contribution >= 4 is 11.6 Å². The molecule has 4 heteroatoms. The van der Waals surface area contributed by atoms with Crippen molar-refractivity contribution in [3.63, 3.8) is 0 Å². The summed E-state index contributed by atoms with van der Waals surface area (Å²) in [7, 11) is 0. The first-order chi connectivity index (χ1) is 9.78. The fourth-order valence-corrected chi connectivity index (χ4v) is 2.07. The summed E-state index contributed by atoms with van der Waals surface area (Å²) in [6, 6.07) is 7.22. The number of amides is 1. The monoisotopic (exact) mass is 273 g/mol. The number of hydrogen-bond donors (Lipinski definition) is 1. The van der Waals surface area contributed by atoms with E-state index in [1.807, 2.05) is 18.2 Å². The highest BCUT2D eigenvalue weighted by atomic mass is 16.5. The molecule has 1 aliphatic heterocycles. The van der Waals surface area contributed by atoms with Gasteiger partial charge >= 0.3 is 0 Å². The number of hydrogen-bond acceptors (Lipinski definition) is 3. The molecule has 1 amide bonds. The minimum Gasteiger partial charge on any atom is -0.378 e. The van der Waals surface area contributed by atoms with Crippen LogP contribution in [0.1, 0.15) is 24.8 Å². The summed E-state index contributed by atoms with van der Waals surface area (Å²) in [5.74, 6) is 2.46. The second-order valence-corrected chi connectivity index (χ2v) is 4.73. The Bertz CT molecular complexity index is 487. The van der Waals surface area contributed by atoms with E-state index in [9.17, 15) is 4.79 Å². The van der Waals surface area contributed by atoms with E-state index < -0.39 is 0 Å². The third-order valence-electron chi connectivity index (χ3n) is 3.11. The van der Waals surface area contributed by atoms with Crippen LogP contribution in [0, 0.1) is 12.3 Å². The molecule has 2 rings (SSSR count). The molecule has 4 nitrogen and oxygen atoms in total. The Hall–Kier alpha value is -1.83. The molecule has 0 aromatic heterocycles. The second kappa shape index (κ2) is 7.68. The van der Waals surface area contributed by atoms with Crippen LogP contribution in [0.5, 0.6) is 0 Å². The van der Waals surface area contributed by atoms with Gasteiger partial charge in [0.2, 0.25) is 5.91 Å². The van der Waals surface area contributed by atoms with E-state index in [2.05, 4.69) is 11.2 Å². The van der Waals surface area contributed by atoms with E-state index in [0.717, 1.165) is 25.0 Å². The van der Waals surface area contributed by atoms with Crippen LogP contribution in [0.15, 0.2) is 24.3 Å². The molecule has 0 spiro atoms. The molecular formula is C16H19NO3. The minimum atomic E-state index is -0.0773. The van der Waals surface area contributed by atoms with Gasteiger partial charge in [0.05, 0.1) is 25.7 Å². The van der Waals surface area contributed by atoms with Gasteiger partial charge in [0, 0.05) is 17.9 Å². The van der Waals surface area contributed by atoms with Crippen molar-refractivity contribution in [1.82, 2.24) is 0 Å². The maximum Gasteiger partial charge on any atom is 0.226 e. The van der Waals surface area contributed by atoms with Crippen LogP contribution in [-0.2, 0) is 14.3 Å². The summed E-state index contributed by atoms with van der Waals surface area (Å²) in [5.41, 5.74) is 1.46. The van der Waals surface area contributed by atoms with Crippen molar-refractivity contribution in [3.8, 4) is 12.3 Å². The fraction of sp³-hybridized carbons (Fsp3) is 0.438. The number of carbonyl (C=O) groups is 1. The quantitative estimate of drug-likeness (QED) is 0.638. The Labute approximate surface area is 119 Å². The van der Waals surface area contributed by atoms with E-state index in [1.165, 1.54) is 0 Å². The van der Waals surface area contributed by atoms with Crippen LogP contribution in [-0.4, -0.2) is 31.8 Å². The Morgan fingerprint density at radius 2 is 2.45 bits per heavy atom. The average Bonchev–Trinajstić information content (AvgIpc) is 2.97. The molecule has 1 atom stereocenters. The van der Waals surface area contributed by atoms with Gasteiger partial charge in [0.1, 0.15) is 0 Å². The molecule has 1 heterocycles. The van der Waals surface area contributed by atoms with Crippen LogP contribution in [0.4, 0.5) is 5.69 Å². The molecule has 106 valence electrons. The highest BCUT2D eigenvalue weighted by Gasteiger charge is 2.15. The summed E-state index contributed by atoms with van der Waals surface area (Å²) in [6.45, 7) is 1.79. The summed E-state index contributed by atoms with van der Waals surface area (Å²) in [4.78, 5) is 11.7. The smallest absolute Gasteiger partial charge is 0.226 e. The van der Waals surface area contributed by atoms with Crippen molar-refractivity contribution in [1.29, 1.82) is 0 Å². The molecule has 1 aromatic carbocycles. The molecule has 1 aromatic rings. The molecule has 0 saturated carbocycles. The maximum absolute atomic E-state index is 11.7. The lowest BCUT2D eigenvalue weighted by molar-refractivity contribution is -0.117. The first kappa shape index (κ1) is 14.6. The predicted octanol–water partition coefficient (Wildman–Crippen LogP) is 2.19. The van der Waals surface area contributed by atoms with E-state index in [4.69, 9.17) is 15.9 Å². The largest absolute Gasteiger partial charge is 0.378 e. The number of ether oxygens (including phenoxy) is 2. The highest BCUT2D eigenvalue weighted by Crippen LogP contribution is 2.12. The zero-order valence-electron chi connectivity index (χ0n) is 11.4. The lowest BCUT2D eigenvalue weighted by Crippen LogP contribution is -2.18. The Morgan fingerprint density at radius 3 is 3.20 bits per heavy atom. The summed E-state index contributed by atoms with van der Waals surface area (Å²) in [6.07, 6.45) is 7.98. The number of benzene rings is 1. The van der Waals surface area contributed by atoms with Crippen molar-refractivity contribution in [2.24, 2.45) is 0 Å². The molecule has 0 aliphatic carbocycles. The van der Waals surface area contributed by atoms with E-state index >= 15 is 0 Å². The van der Waals surface area contributed by atoms with Crippen molar-refractivity contribution < 1.29 is 14.3 Å². The Kier molecular flexibility index (Phi) is 5.60. The summed E-state index contributed by atoms with van der Waals surface area (Å²) in [5, 5.41) is 2.80. The van der Waals surface area contributed by atoms with E-state index in [-0.39, 0.29) is 12.0 Å². The molecule has 1 aliphatic rings. The van der Waals surface area contributed by atoms with Gasteiger partial charge < -0.3 is 14.8 Å².